The molecule has 1 amide bonds. The van der Waals surface area contributed by atoms with Crippen molar-refractivity contribution in [3.8, 4) is 0 Å². The molecule has 3 nitrogen and oxygen atoms in total. The molecule has 0 aliphatic carbocycles. The van der Waals surface area contributed by atoms with Crippen LogP contribution in [-0.4, -0.2) is 15.2 Å². The molecule has 2 aromatic heterocycles. The van der Waals surface area contributed by atoms with Gasteiger partial charge in [-0.1, -0.05) is 24.0 Å². The monoisotopic (exact) mass is 318 g/mol. The van der Waals surface area contributed by atoms with Gasteiger partial charge < -0.3 is 0 Å². The van der Waals surface area contributed by atoms with Crippen LogP contribution in [-0.2, 0) is 4.79 Å². The lowest BCUT2D eigenvalue weighted by atomic mass is 10.3. The summed E-state index contributed by atoms with van der Waals surface area (Å²) in [6.45, 7) is 2.04. The molecule has 2 aromatic rings. The lowest BCUT2D eigenvalue weighted by Gasteiger charge is -2.13. The van der Waals surface area contributed by atoms with E-state index in [0.29, 0.717) is 14.9 Å². The Hall–Kier alpha value is -1.50. The van der Waals surface area contributed by atoms with Gasteiger partial charge in [-0.3, -0.25) is 14.7 Å². The number of thiophene rings is 1. The summed E-state index contributed by atoms with van der Waals surface area (Å²) in [4.78, 5) is 20.9. The van der Waals surface area contributed by atoms with Crippen LogP contribution in [0.3, 0.4) is 0 Å². The maximum atomic E-state index is 12.5. The van der Waals surface area contributed by atoms with Gasteiger partial charge in [0.25, 0.3) is 5.91 Å². The van der Waals surface area contributed by atoms with E-state index < -0.39 is 0 Å². The normalized spacial score (nSPS) is 17.2. The predicted molar refractivity (Wildman–Crippen MR) is 88.9 cm³/mol. The first-order chi connectivity index (χ1) is 9.65. The molecule has 0 radical (unpaired) electrons. The number of carbonyl (C=O) groups is 1. The number of thioether (sulfide) groups is 1. The molecule has 6 heteroatoms. The van der Waals surface area contributed by atoms with Crippen LogP contribution in [0.2, 0.25) is 0 Å². The van der Waals surface area contributed by atoms with E-state index in [0.717, 1.165) is 4.88 Å². The second kappa shape index (κ2) is 5.47. The van der Waals surface area contributed by atoms with Gasteiger partial charge in [0.1, 0.15) is 0 Å². The smallest absolute Gasteiger partial charge is 0.268 e. The van der Waals surface area contributed by atoms with Crippen molar-refractivity contribution in [2.75, 3.05) is 4.90 Å². The van der Waals surface area contributed by atoms with Crippen molar-refractivity contribution in [3.05, 3.63) is 51.3 Å². The standard InChI is InChI=1S/C14H10N2OS3/c1-9-4-5-11(19-9)7-12-13(17)16(14(18)20-12)10-3-2-6-15-8-10/h2-8H,1H3/b12-7-. The molecule has 1 aliphatic heterocycles. The number of pyridine rings is 1. The minimum absolute atomic E-state index is 0.0842. The van der Waals surface area contributed by atoms with Gasteiger partial charge in [0.05, 0.1) is 16.8 Å². The molecule has 20 heavy (non-hydrogen) atoms. The molecule has 0 bridgehead atoms. The summed E-state index contributed by atoms with van der Waals surface area (Å²) in [5, 5.41) is 0. The fourth-order valence-corrected chi connectivity index (χ4v) is 4.02. The minimum Gasteiger partial charge on any atom is -0.268 e. The molecule has 100 valence electrons. The van der Waals surface area contributed by atoms with Gasteiger partial charge >= 0.3 is 0 Å². The van der Waals surface area contributed by atoms with Crippen LogP contribution in [0, 0.1) is 6.92 Å². The Labute approximate surface area is 130 Å². The highest BCUT2D eigenvalue weighted by Crippen LogP contribution is 2.36. The number of carbonyl (C=O) groups excluding carboxylic acids is 1. The highest BCUT2D eigenvalue weighted by atomic mass is 32.2. The highest BCUT2D eigenvalue weighted by molar-refractivity contribution is 8.27. The Morgan fingerprint density at radius 3 is 2.85 bits per heavy atom. The van der Waals surface area contributed by atoms with Crippen LogP contribution in [0.5, 0.6) is 0 Å². The number of aromatic nitrogens is 1. The lowest BCUT2D eigenvalue weighted by Crippen LogP contribution is -2.27. The van der Waals surface area contributed by atoms with E-state index in [1.165, 1.54) is 21.5 Å². The van der Waals surface area contributed by atoms with Crippen molar-refractivity contribution < 1.29 is 4.79 Å². The number of amides is 1. The van der Waals surface area contributed by atoms with E-state index in [4.69, 9.17) is 12.2 Å². The zero-order valence-corrected chi connectivity index (χ0v) is 13.0. The first-order valence-corrected chi connectivity index (χ1v) is 7.94. The van der Waals surface area contributed by atoms with E-state index in [9.17, 15) is 4.79 Å². The van der Waals surface area contributed by atoms with E-state index in [1.54, 1.807) is 29.8 Å². The van der Waals surface area contributed by atoms with Crippen LogP contribution in [0.1, 0.15) is 9.75 Å². The highest BCUT2D eigenvalue weighted by Gasteiger charge is 2.33. The van der Waals surface area contributed by atoms with E-state index >= 15 is 0 Å². The lowest BCUT2D eigenvalue weighted by molar-refractivity contribution is -0.113. The Bertz CT molecular complexity index is 706. The molecule has 0 atom stereocenters. The van der Waals surface area contributed by atoms with Gasteiger partial charge in [0.2, 0.25) is 0 Å². The quantitative estimate of drug-likeness (QED) is 0.622. The number of nitrogens with zero attached hydrogens (tertiary/aromatic N) is 2. The second-order valence-electron chi connectivity index (χ2n) is 4.18. The molecule has 0 spiro atoms. The topological polar surface area (TPSA) is 33.2 Å². The van der Waals surface area contributed by atoms with Gasteiger partial charge in [0, 0.05) is 16.0 Å². The Kier molecular flexibility index (Phi) is 3.69. The third-order valence-electron chi connectivity index (χ3n) is 2.73. The minimum atomic E-state index is -0.0842. The molecule has 1 saturated heterocycles. The predicted octanol–water partition coefficient (Wildman–Crippen LogP) is 3.86. The fraction of sp³-hybridized carbons (Fsp3) is 0.0714. The molecule has 0 aromatic carbocycles. The number of hydrogen-bond donors (Lipinski definition) is 0. The van der Waals surface area contributed by atoms with Crippen molar-refractivity contribution >= 4 is 57.3 Å². The molecular weight excluding hydrogens is 308 g/mol. The third-order valence-corrected chi connectivity index (χ3v) is 4.98. The molecule has 1 aliphatic rings. The molecule has 1 fully saturated rings. The summed E-state index contributed by atoms with van der Waals surface area (Å²) in [6.07, 6.45) is 5.21. The summed E-state index contributed by atoms with van der Waals surface area (Å²) < 4.78 is 0.544. The third kappa shape index (κ3) is 2.54. The van der Waals surface area contributed by atoms with Crippen LogP contribution in [0.4, 0.5) is 5.69 Å². The molecule has 0 unspecified atom stereocenters. The van der Waals surface area contributed by atoms with Gasteiger partial charge in [0.15, 0.2) is 4.32 Å². The Morgan fingerprint density at radius 1 is 1.35 bits per heavy atom. The van der Waals surface area contributed by atoms with Crippen LogP contribution in [0.25, 0.3) is 6.08 Å². The zero-order valence-electron chi connectivity index (χ0n) is 10.6. The average molecular weight is 318 g/mol. The van der Waals surface area contributed by atoms with Crippen molar-refractivity contribution in [1.82, 2.24) is 4.98 Å². The molecule has 3 heterocycles. The van der Waals surface area contributed by atoms with Crippen LogP contribution >= 0.6 is 35.3 Å². The molecule has 3 rings (SSSR count). The molecular formula is C14H10N2OS3. The maximum Gasteiger partial charge on any atom is 0.270 e. The number of rotatable bonds is 2. The van der Waals surface area contributed by atoms with Gasteiger partial charge in [-0.2, -0.15) is 0 Å². The second-order valence-corrected chi connectivity index (χ2v) is 7.17. The number of thiocarbonyl (C=S) groups is 1. The summed E-state index contributed by atoms with van der Waals surface area (Å²) in [5.41, 5.74) is 0.709. The number of aryl methyl sites for hydroxylation is 1. The van der Waals surface area contributed by atoms with E-state index in [2.05, 4.69) is 4.98 Å². The summed E-state index contributed by atoms with van der Waals surface area (Å²) in [5.74, 6) is -0.0842. The first kappa shape index (κ1) is 13.5. The van der Waals surface area contributed by atoms with Gasteiger partial charge in [-0.15, -0.1) is 11.3 Å². The van der Waals surface area contributed by atoms with Crippen LogP contribution in [0.15, 0.2) is 41.6 Å². The van der Waals surface area contributed by atoms with Gasteiger partial charge in [-0.05, 0) is 37.3 Å². The Morgan fingerprint density at radius 2 is 2.20 bits per heavy atom. The fourth-order valence-electron chi connectivity index (χ4n) is 1.84. The number of anilines is 1. The number of hydrogen-bond acceptors (Lipinski definition) is 5. The van der Waals surface area contributed by atoms with Crippen molar-refractivity contribution in [1.29, 1.82) is 0 Å². The summed E-state index contributed by atoms with van der Waals surface area (Å²) >= 11 is 8.29. The van der Waals surface area contributed by atoms with Crippen molar-refractivity contribution in [2.24, 2.45) is 0 Å². The summed E-state index contributed by atoms with van der Waals surface area (Å²) in [6, 6.07) is 7.67. The SMILES string of the molecule is Cc1ccc(/C=C2\SC(=S)N(c3cccnc3)C2=O)s1. The van der Waals surface area contributed by atoms with Gasteiger partial charge in [-0.25, -0.2) is 0 Å². The van der Waals surface area contributed by atoms with Crippen molar-refractivity contribution in [3.63, 3.8) is 0 Å². The molecule has 0 N–H and O–H groups in total. The van der Waals surface area contributed by atoms with E-state index in [1.807, 2.05) is 31.2 Å². The summed E-state index contributed by atoms with van der Waals surface area (Å²) in [7, 11) is 0. The largest absolute Gasteiger partial charge is 0.270 e. The van der Waals surface area contributed by atoms with Crippen molar-refractivity contribution in [2.45, 2.75) is 6.92 Å². The first-order valence-electron chi connectivity index (χ1n) is 5.89. The van der Waals surface area contributed by atoms with E-state index in [-0.39, 0.29) is 5.91 Å². The molecule has 0 saturated carbocycles. The zero-order chi connectivity index (χ0) is 14.1. The average Bonchev–Trinajstić information content (AvgIpc) is 2.96. The Balaban J connectivity index is 1.93. The maximum absolute atomic E-state index is 12.5. The van der Waals surface area contributed by atoms with Crippen LogP contribution < -0.4 is 4.90 Å².